The second-order valence-electron chi connectivity index (χ2n) is 8.44. The number of nitrogens with one attached hydrogen (secondary N) is 2. The predicted octanol–water partition coefficient (Wildman–Crippen LogP) is 3.18. The third-order valence-electron chi connectivity index (χ3n) is 6.03. The Hall–Kier alpha value is -1.89. The Kier molecular flexibility index (Phi) is 10.9. The third kappa shape index (κ3) is 8.09. The van der Waals surface area contributed by atoms with Gasteiger partial charge in [-0.1, -0.05) is 44.8 Å². The van der Waals surface area contributed by atoms with Crippen molar-refractivity contribution < 1.29 is 24.2 Å². The molecule has 30 heavy (non-hydrogen) atoms. The van der Waals surface area contributed by atoms with E-state index in [0.29, 0.717) is 13.0 Å². The molecule has 3 N–H and O–H groups in total. The summed E-state index contributed by atoms with van der Waals surface area (Å²) in [5.74, 6) is -1.24. The molecule has 0 radical (unpaired) electrons. The number of carbonyl (C=O) groups excluding carboxylic acids is 2. The summed E-state index contributed by atoms with van der Waals surface area (Å²) in [4.78, 5) is 35.3. The molecule has 2 amide bonds. The highest BCUT2D eigenvalue weighted by Gasteiger charge is 2.50. The molecule has 4 atom stereocenters. The smallest absolute Gasteiger partial charge is 0.303 e. The first kappa shape index (κ1) is 24.4. The van der Waals surface area contributed by atoms with Gasteiger partial charge in [-0.3, -0.25) is 14.4 Å². The Balaban J connectivity index is 1.69. The molecule has 0 saturated carbocycles. The van der Waals surface area contributed by atoms with E-state index in [4.69, 9.17) is 9.84 Å². The van der Waals surface area contributed by atoms with E-state index in [9.17, 15) is 14.4 Å². The van der Waals surface area contributed by atoms with Crippen LogP contribution in [0.2, 0.25) is 0 Å². The van der Waals surface area contributed by atoms with Crippen LogP contribution in [0.4, 0.5) is 0 Å². The minimum absolute atomic E-state index is 0.00724. The number of allylic oxidation sites excluding steroid dienone is 1. The molecule has 0 aromatic carbocycles. The highest BCUT2D eigenvalue weighted by atomic mass is 16.5. The topological polar surface area (TPSA) is 105 Å². The monoisotopic (exact) mass is 422 g/mol. The van der Waals surface area contributed by atoms with E-state index in [1.54, 1.807) is 0 Å². The van der Waals surface area contributed by atoms with Crippen molar-refractivity contribution in [3.05, 3.63) is 12.2 Å². The molecule has 7 nitrogen and oxygen atoms in total. The number of hydrogen-bond acceptors (Lipinski definition) is 4. The first-order chi connectivity index (χ1) is 14.5. The summed E-state index contributed by atoms with van der Waals surface area (Å²) < 4.78 is 5.96. The molecular formula is C23H38N2O5. The fraction of sp³-hybridized carbons (Fsp3) is 0.783. The molecule has 2 heterocycles. The van der Waals surface area contributed by atoms with Crippen LogP contribution in [-0.2, 0) is 19.1 Å². The van der Waals surface area contributed by atoms with Gasteiger partial charge in [0.25, 0.3) is 0 Å². The van der Waals surface area contributed by atoms with Gasteiger partial charge in [-0.25, -0.2) is 0 Å². The maximum Gasteiger partial charge on any atom is 0.303 e. The number of amides is 2. The lowest BCUT2D eigenvalue weighted by molar-refractivity contribution is -0.137. The SMILES string of the molecule is CCCCCCCNC(=O)CNC(=O)[C@@H]1[C@H](/C=C\CCCCC(=O)O)[C@@H]2CC[C@H]1O2. The Bertz CT molecular complexity index is 592. The minimum atomic E-state index is -0.766. The summed E-state index contributed by atoms with van der Waals surface area (Å²) in [5, 5.41) is 14.3. The second kappa shape index (κ2) is 13.4. The molecule has 0 aliphatic carbocycles. The normalized spacial score (nSPS) is 25.0. The van der Waals surface area contributed by atoms with Crippen molar-refractivity contribution in [2.45, 2.75) is 89.8 Å². The highest BCUT2D eigenvalue weighted by Crippen LogP contribution is 2.44. The predicted molar refractivity (Wildman–Crippen MR) is 115 cm³/mol. The fourth-order valence-corrected chi connectivity index (χ4v) is 4.40. The zero-order valence-electron chi connectivity index (χ0n) is 18.2. The molecule has 2 aliphatic rings. The van der Waals surface area contributed by atoms with E-state index in [0.717, 1.165) is 38.5 Å². The Labute approximate surface area is 180 Å². The second-order valence-corrected chi connectivity index (χ2v) is 8.44. The molecule has 2 rings (SSSR count). The summed E-state index contributed by atoms with van der Waals surface area (Å²) in [6.07, 6.45) is 14.1. The fourth-order valence-electron chi connectivity index (χ4n) is 4.40. The van der Waals surface area contributed by atoms with E-state index in [-0.39, 0.29) is 48.8 Å². The standard InChI is InChI=1S/C23H38N2O5/c1-2-3-4-7-10-15-24-20(26)16-25-23(29)22-17(18-13-14-19(22)30-18)11-8-5-6-9-12-21(27)28/h8,11,17-19,22H,2-7,9-10,12-16H2,1H3,(H,24,26)(H,25,29)(H,27,28)/b11-8-/t17-,18+,19-,22-/m1/s1. The lowest BCUT2D eigenvalue weighted by Gasteiger charge is -2.24. The van der Waals surface area contributed by atoms with Gasteiger partial charge >= 0.3 is 5.97 Å². The number of carbonyl (C=O) groups is 3. The van der Waals surface area contributed by atoms with Crippen molar-refractivity contribution in [1.29, 1.82) is 0 Å². The van der Waals surface area contributed by atoms with Gasteiger partial charge < -0.3 is 20.5 Å². The van der Waals surface area contributed by atoms with Gasteiger partial charge in [-0.15, -0.1) is 0 Å². The molecule has 0 unspecified atom stereocenters. The number of unbranched alkanes of at least 4 members (excludes halogenated alkanes) is 6. The zero-order valence-corrected chi connectivity index (χ0v) is 18.2. The van der Waals surface area contributed by atoms with Crippen LogP contribution in [0, 0.1) is 11.8 Å². The van der Waals surface area contributed by atoms with Gasteiger partial charge in [0.05, 0.1) is 24.7 Å². The van der Waals surface area contributed by atoms with E-state index < -0.39 is 5.97 Å². The number of ether oxygens (including phenoxy) is 1. The van der Waals surface area contributed by atoms with Crippen molar-refractivity contribution in [1.82, 2.24) is 10.6 Å². The number of carboxylic acid groups (broad SMARTS) is 1. The van der Waals surface area contributed by atoms with E-state index in [2.05, 4.69) is 23.6 Å². The number of rotatable bonds is 15. The van der Waals surface area contributed by atoms with E-state index in [1.165, 1.54) is 19.3 Å². The third-order valence-corrected chi connectivity index (χ3v) is 6.03. The Morgan fingerprint density at radius 1 is 1.00 bits per heavy atom. The maximum atomic E-state index is 12.7. The van der Waals surface area contributed by atoms with Crippen molar-refractivity contribution in [3.63, 3.8) is 0 Å². The van der Waals surface area contributed by atoms with Crippen LogP contribution < -0.4 is 10.6 Å². The number of carboxylic acids is 1. The van der Waals surface area contributed by atoms with E-state index >= 15 is 0 Å². The summed E-state index contributed by atoms with van der Waals surface area (Å²) in [6.45, 7) is 2.84. The van der Waals surface area contributed by atoms with Crippen LogP contribution >= 0.6 is 0 Å². The largest absolute Gasteiger partial charge is 0.481 e. The highest BCUT2D eigenvalue weighted by molar-refractivity contribution is 5.86. The average Bonchev–Trinajstić information content (AvgIpc) is 3.32. The molecule has 2 aliphatic heterocycles. The van der Waals surface area contributed by atoms with Crippen LogP contribution in [0.1, 0.15) is 77.6 Å². The average molecular weight is 423 g/mol. The number of hydrogen-bond donors (Lipinski definition) is 3. The van der Waals surface area contributed by atoms with Crippen molar-refractivity contribution in [3.8, 4) is 0 Å². The molecule has 0 aromatic heterocycles. The lowest BCUT2D eigenvalue weighted by atomic mass is 9.78. The van der Waals surface area contributed by atoms with Crippen LogP contribution in [-0.4, -0.2) is 48.2 Å². The van der Waals surface area contributed by atoms with Crippen molar-refractivity contribution in [2.75, 3.05) is 13.1 Å². The summed E-state index contributed by atoms with van der Waals surface area (Å²) in [7, 11) is 0. The van der Waals surface area contributed by atoms with Gasteiger partial charge in [0.1, 0.15) is 0 Å². The summed E-state index contributed by atoms with van der Waals surface area (Å²) >= 11 is 0. The van der Waals surface area contributed by atoms with Gasteiger partial charge in [0.15, 0.2) is 0 Å². The summed E-state index contributed by atoms with van der Waals surface area (Å²) in [5.41, 5.74) is 0. The quantitative estimate of drug-likeness (QED) is 0.278. The van der Waals surface area contributed by atoms with Gasteiger partial charge in [0, 0.05) is 18.9 Å². The Morgan fingerprint density at radius 3 is 2.53 bits per heavy atom. The molecule has 2 saturated heterocycles. The van der Waals surface area contributed by atoms with Gasteiger partial charge in [-0.2, -0.15) is 0 Å². The van der Waals surface area contributed by atoms with Crippen LogP contribution in [0.25, 0.3) is 0 Å². The lowest BCUT2D eigenvalue weighted by Crippen LogP contribution is -2.44. The summed E-state index contributed by atoms with van der Waals surface area (Å²) in [6, 6.07) is 0. The zero-order chi connectivity index (χ0) is 21.8. The maximum absolute atomic E-state index is 12.7. The van der Waals surface area contributed by atoms with Gasteiger partial charge in [-0.05, 0) is 38.5 Å². The van der Waals surface area contributed by atoms with Crippen molar-refractivity contribution >= 4 is 17.8 Å². The van der Waals surface area contributed by atoms with E-state index in [1.807, 2.05) is 6.08 Å². The first-order valence-electron chi connectivity index (χ1n) is 11.6. The van der Waals surface area contributed by atoms with Crippen LogP contribution in [0.15, 0.2) is 12.2 Å². The number of fused-ring (bicyclic) bond motifs is 2. The molecule has 170 valence electrons. The molecule has 0 aromatic rings. The molecule has 7 heteroatoms. The minimum Gasteiger partial charge on any atom is -0.481 e. The van der Waals surface area contributed by atoms with Crippen LogP contribution in [0.3, 0.4) is 0 Å². The molecule has 2 bridgehead atoms. The Morgan fingerprint density at radius 2 is 1.77 bits per heavy atom. The molecule has 0 spiro atoms. The van der Waals surface area contributed by atoms with Crippen molar-refractivity contribution in [2.24, 2.45) is 11.8 Å². The first-order valence-corrected chi connectivity index (χ1v) is 11.6. The van der Waals surface area contributed by atoms with Gasteiger partial charge in [0.2, 0.25) is 11.8 Å². The molecule has 2 fully saturated rings. The molecular weight excluding hydrogens is 384 g/mol. The van der Waals surface area contributed by atoms with Crippen LogP contribution in [0.5, 0.6) is 0 Å². The number of aliphatic carboxylic acids is 1.